The summed E-state index contributed by atoms with van der Waals surface area (Å²) in [6.07, 6.45) is 2.11. The van der Waals surface area contributed by atoms with E-state index in [4.69, 9.17) is 5.11 Å². The smallest absolute Gasteiger partial charge is 0.0850 e. The lowest BCUT2D eigenvalue weighted by Gasteiger charge is -2.18. The highest BCUT2D eigenvalue weighted by Gasteiger charge is 2.27. The van der Waals surface area contributed by atoms with Gasteiger partial charge in [0, 0.05) is 0 Å². The summed E-state index contributed by atoms with van der Waals surface area (Å²) in [5.41, 5.74) is 0. The van der Waals surface area contributed by atoms with Crippen molar-refractivity contribution in [3.8, 4) is 0 Å². The van der Waals surface area contributed by atoms with Gasteiger partial charge in [-0.1, -0.05) is 0 Å². The molecule has 0 spiro atoms. The van der Waals surface area contributed by atoms with Gasteiger partial charge < -0.3 is 10.4 Å². The van der Waals surface area contributed by atoms with E-state index >= 15 is 0 Å². The normalized spacial score (nSPS) is 38.2. The summed E-state index contributed by atoms with van der Waals surface area (Å²) in [6, 6.07) is 0. The first-order chi connectivity index (χ1) is 3.77. The Labute approximate surface area is 54.7 Å². The molecule has 1 unspecified atom stereocenters. The average Bonchev–Trinajstić information content (AvgIpc) is 2.17. The number of rotatable bonds is 1. The van der Waals surface area contributed by atoms with Crippen molar-refractivity contribution in [2.24, 2.45) is 0 Å². The van der Waals surface area contributed by atoms with Crippen LogP contribution in [0.4, 0.5) is 0 Å². The van der Waals surface area contributed by atoms with Gasteiger partial charge in [-0.15, -0.1) is 0 Å². The van der Waals surface area contributed by atoms with Gasteiger partial charge in [-0.2, -0.15) is 12.6 Å². The second-order valence-electron chi connectivity index (χ2n) is 2.22. The van der Waals surface area contributed by atoms with Crippen LogP contribution in [0.25, 0.3) is 0 Å². The summed E-state index contributed by atoms with van der Waals surface area (Å²) in [6.45, 7) is 1.13. The summed E-state index contributed by atoms with van der Waals surface area (Å²) in [7, 11) is 0. The maximum atomic E-state index is 8.69. The first-order valence-electron chi connectivity index (χ1n) is 2.85. The minimum atomic E-state index is -0.264. The molecule has 0 aromatic heterocycles. The number of hydrogen-bond acceptors (Lipinski definition) is 3. The molecule has 1 saturated heterocycles. The van der Waals surface area contributed by atoms with Gasteiger partial charge in [-0.05, 0) is 19.4 Å². The van der Waals surface area contributed by atoms with Gasteiger partial charge in [0.25, 0.3) is 0 Å². The van der Waals surface area contributed by atoms with E-state index in [0.29, 0.717) is 0 Å². The standard InChI is InChI=1S/C5H11NOS/c7-4-5(8)2-1-3-6-5/h6-8H,1-4H2. The molecule has 1 aliphatic rings. The minimum Gasteiger partial charge on any atom is -0.394 e. The molecule has 0 aliphatic carbocycles. The van der Waals surface area contributed by atoms with Gasteiger partial charge in [0.1, 0.15) is 0 Å². The Kier molecular flexibility index (Phi) is 1.80. The monoisotopic (exact) mass is 133 g/mol. The van der Waals surface area contributed by atoms with Crippen molar-refractivity contribution in [3.05, 3.63) is 0 Å². The fraction of sp³-hybridized carbons (Fsp3) is 1.00. The number of nitrogens with one attached hydrogen (secondary N) is 1. The predicted octanol–water partition coefficient (Wildman–Crippen LogP) is -0.0118. The maximum absolute atomic E-state index is 8.69. The van der Waals surface area contributed by atoms with E-state index in [9.17, 15) is 0 Å². The first kappa shape index (κ1) is 6.39. The molecular weight excluding hydrogens is 122 g/mol. The number of thiol groups is 1. The highest BCUT2D eigenvalue weighted by Crippen LogP contribution is 2.21. The summed E-state index contributed by atoms with van der Waals surface area (Å²) in [4.78, 5) is -0.264. The maximum Gasteiger partial charge on any atom is 0.0850 e. The number of hydrogen-bond donors (Lipinski definition) is 3. The molecule has 1 rings (SSSR count). The predicted molar refractivity (Wildman–Crippen MR) is 36.0 cm³/mol. The molecule has 0 aromatic rings. The average molecular weight is 133 g/mol. The molecule has 0 bridgehead atoms. The summed E-state index contributed by atoms with van der Waals surface area (Å²) in [5, 5.41) is 11.8. The number of aliphatic hydroxyl groups excluding tert-OH is 1. The molecule has 3 heteroatoms. The van der Waals surface area contributed by atoms with Crippen molar-refractivity contribution in [2.45, 2.75) is 17.7 Å². The van der Waals surface area contributed by atoms with E-state index < -0.39 is 0 Å². The third-order valence-electron chi connectivity index (χ3n) is 1.48. The van der Waals surface area contributed by atoms with Crippen LogP contribution < -0.4 is 5.32 Å². The summed E-state index contributed by atoms with van der Waals surface area (Å²) < 4.78 is 0. The van der Waals surface area contributed by atoms with E-state index in [1.807, 2.05) is 0 Å². The van der Waals surface area contributed by atoms with E-state index in [-0.39, 0.29) is 11.5 Å². The highest BCUT2D eigenvalue weighted by molar-refractivity contribution is 7.81. The minimum absolute atomic E-state index is 0.135. The Morgan fingerprint density at radius 3 is 2.75 bits per heavy atom. The Hall–Kier alpha value is 0.270. The third kappa shape index (κ3) is 1.16. The van der Waals surface area contributed by atoms with Gasteiger partial charge in [0.2, 0.25) is 0 Å². The molecule has 0 amide bonds. The van der Waals surface area contributed by atoms with Crippen LogP contribution in [-0.2, 0) is 0 Å². The van der Waals surface area contributed by atoms with Crippen molar-refractivity contribution in [2.75, 3.05) is 13.2 Å². The van der Waals surface area contributed by atoms with Crippen LogP contribution in [0.5, 0.6) is 0 Å². The van der Waals surface area contributed by atoms with E-state index in [1.165, 1.54) is 0 Å². The molecule has 2 N–H and O–H groups in total. The van der Waals surface area contributed by atoms with Crippen LogP contribution in [0.15, 0.2) is 0 Å². The molecule has 2 nitrogen and oxygen atoms in total. The summed E-state index contributed by atoms with van der Waals surface area (Å²) in [5.74, 6) is 0. The molecule has 1 fully saturated rings. The van der Waals surface area contributed by atoms with Crippen molar-refractivity contribution in [3.63, 3.8) is 0 Å². The molecule has 1 heterocycles. The fourth-order valence-corrected chi connectivity index (χ4v) is 1.20. The Bertz CT molecular complexity index is 80.5. The quantitative estimate of drug-likeness (QED) is 0.439. The van der Waals surface area contributed by atoms with Gasteiger partial charge in [-0.3, -0.25) is 0 Å². The molecule has 1 atom stereocenters. The van der Waals surface area contributed by atoms with Crippen molar-refractivity contribution < 1.29 is 5.11 Å². The third-order valence-corrected chi connectivity index (χ3v) is 2.01. The van der Waals surface area contributed by atoms with Crippen LogP contribution in [-0.4, -0.2) is 23.1 Å². The van der Waals surface area contributed by atoms with Crippen molar-refractivity contribution >= 4 is 12.6 Å². The fourth-order valence-electron chi connectivity index (χ4n) is 0.925. The SMILES string of the molecule is OCC1(S)CCCN1. The Balaban J connectivity index is 2.40. The largest absolute Gasteiger partial charge is 0.394 e. The zero-order valence-electron chi connectivity index (χ0n) is 4.72. The van der Waals surface area contributed by atoms with Crippen LogP contribution in [0.1, 0.15) is 12.8 Å². The molecule has 48 valence electrons. The lowest BCUT2D eigenvalue weighted by atomic mass is 10.2. The molecule has 1 aliphatic heterocycles. The van der Waals surface area contributed by atoms with Gasteiger partial charge >= 0.3 is 0 Å². The topological polar surface area (TPSA) is 32.3 Å². The van der Waals surface area contributed by atoms with Crippen LogP contribution in [0, 0.1) is 0 Å². The highest BCUT2D eigenvalue weighted by atomic mass is 32.1. The van der Waals surface area contributed by atoms with Crippen molar-refractivity contribution in [1.82, 2.24) is 5.32 Å². The second-order valence-corrected chi connectivity index (χ2v) is 3.08. The van der Waals surface area contributed by atoms with E-state index in [1.54, 1.807) is 0 Å². The van der Waals surface area contributed by atoms with Crippen molar-refractivity contribution in [1.29, 1.82) is 0 Å². The number of aliphatic hydroxyl groups is 1. The second kappa shape index (κ2) is 2.25. The molecular formula is C5H11NOS. The zero-order valence-corrected chi connectivity index (χ0v) is 5.62. The molecule has 0 aromatic carbocycles. The van der Waals surface area contributed by atoms with Crippen LogP contribution in [0.3, 0.4) is 0 Å². The van der Waals surface area contributed by atoms with Gasteiger partial charge in [0.15, 0.2) is 0 Å². The Morgan fingerprint density at radius 2 is 2.50 bits per heavy atom. The van der Waals surface area contributed by atoms with Gasteiger partial charge in [0.05, 0.1) is 11.5 Å². The van der Waals surface area contributed by atoms with Crippen LogP contribution in [0.2, 0.25) is 0 Å². The molecule has 0 radical (unpaired) electrons. The molecule has 8 heavy (non-hydrogen) atoms. The van der Waals surface area contributed by atoms with E-state index in [2.05, 4.69) is 17.9 Å². The van der Waals surface area contributed by atoms with Gasteiger partial charge in [-0.25, -0.2) is 0 Å². The van der Waals surface area contributed by atoms with Crippen LogP contribution >= 0.6 is 12.6 Å². The first-order valence-corrected chi connectivity index (χ1v) is 3.30. The van der Waals surface area contributed by atoms with E-state index in [0.717, 1.165) is 19.4 Å². The molecule has 0 saturated carbocycles. The lowest BCUT2D eigenvalue weighted by molar-refractivity contribution is 0.239. The Morgan fingerprint density at radius 1 is 1.75 bits per heavy atom. The summed E-state index contributed by atoms with van der Waals surface area (Å²) >= 11 is 4.22. The zero-order chi connectivity index (χ0) is 6.04. The lowest BCUT2D eigenvalue weighted by Crippen LogP contribution is -2.37.